The van der Waals surface area contributed by atoms with E-state index in [4.69, 9.17) is 5.11 Å². The van der Waals surface area contributed by atoms with Crippen LogP contribution in [0.3, 0.4) is 0 Å². The average molecular weight is 273 g/mol. The van der Waals surface area contributed by atoms with Crippen LogP contribution in [0.5, 0.6) is 0 Å². The molecule has 1 aliphatic rings. The van der Waals surface area contributed by atoms with Crippen LogP contribution in [0.2, 0.25) is 0 Å². The quantitative estimate of drug-likeness (QED) is 0.888. The van der Waals surface area contributed by atoms with Crippen LogP contribution in [0.15, 0.2) is 24.0 Å². The van der Waals surface area contributed by atoms with Gasteiger partial charge in [-0.05, 0) is 6.42 Å². The van der Waals surface area contributed by atoms with Crippen molar-refractivity contribution < 1.29 is 23.1 Å². The molecule has 0 radical (unpaired) electrons. The number of rotatable bonds is 2. The number of alkyl halides is 3. The van der Waals surface area contributed by atoms with E-state index >= 15 is 0 Å². The maximum Gasteiger partial charge on any atom is 0.419 e. The van der Waals surface area contributed by atoms with E-state index in [1.807, 2.05) is 0 Å². The summed E-state index contributed by atoms with van der Waals surface area (Å²) in [6.07, 6.45) is -1.21. The lowest BCUT2D eigenvalue weighted by Crippen LogP contribution is -2.31. The molecule has 0 unspecified atom stereocenters. The molecule has 0 atom stereocenters. The Kier molecular flexibility index (Phi) is 3.41. The Hall–Kier alpha value is -2.12. The summed E-state index contributed by atoms with van der Waals surface area (Å²) in [7, 11) is 0. The third-order valence-corrected chi connectivity index (χ3v) is 2.73. The van der Waals surface area contributed by atoms with Crippen molar-refractivity contribution in [3.8, 4) is 0 Å². The second kappa shape index (κ2) is 4.87. The second-order valence-corrected chi connectivity index (χ2v) is 4.00. The molecule has 1 aromatic rings. The first kappa shape index (κ1) is 13.3. The lowest BCUT2D eigenvalue weighted by atomic mass is 10.1. The van der Waals surface area contributed by atoms with E-state index in [1.165, 1.54) is 6.08 Å². The predicted octanol–water partition coefficient (Wildman–Crippen LogP) is 1.72. The smallest absolute Gasteiger partial charge is 0.419 e. The highest BCUT2D eigenvalue weighted by Gasteiger charge is 2.31. The van der Waals surface area contributed by atoms with E-state index < -0.39 is 17.7 Å². The number of nitrogens with zero attached hydrogens (tertiary/aromatic N) is 3. The standard InChI is InChI=1S/C11H10F3N3O2/c12-11(13,14)8-5-15-10(16-6-8)17-3-1-7(2-4-17)9(18)19/h1,5-6H,2-4H2,(H,18,19). The molecule has 1 aliphatic heterocycles. The summed E-state index contributed by atoms with van der Waals surface area (Å²) in [5.74, 6) is -0.818. The van der Waals surface area contributed by atoms with Gasteiger partial charge in [-0.25, -0.2) is 14.8 Å². The number of anilines is 1. The maximum absolute atomic E-state index is 12.3. The fraction of sp³-hybridized carbons (Fsp3) is 0.364. The van der Waals surface area contributed by atoms with Crippen LogP contribution in [0, 0.1) is 0 Å². The van der Waals surface area contributed by atoms with Crippen LogP contribution >= 0.6 is 0 Å². The van der Waals surface area contributed by atoms with Crippen LogP contribution in [-0.2, 0) is 11.0 Å². The Morgan fingerprint density at radius 2 is 1.95 bits per heavy atom. The SMILES string of the molecule is O=C(O)C1=CCN(c2ncc(C(F)(F)F)cn2)CC1. The summed E-state index contributed by atoms with van der Waals surface area (Å²) in [6.45, 7) is 0.635. The molecule has 102 valence electrons. The van der Waals surface area contributed by atoms with Crippen LogP contribution < -0.4 is 4.90 Å². The third-order valence-electron chi connectivity index (χ3n) is 2.73. The lowest BCUT2D eigenvalue weighted by molar-refractivity contribution is -0.138. The van der Waals surface area contributed by atoms with Crippen LogP contribution in [-0.4, -0.2) is 34.1 Å². The largest absolute Gasteiger partial charge is 0.478 e. The Morgan fingerprint density at radius 3 is 2.37 bits per heavy atom. The molecule has 5 nitrogen and oxygen atoms in total. The number of halogens is 3. The van der Waals surface area contributed by atoms with Gasteiger partial charge in [0, 0.05) is 31.1 Å². The molecule has 0 aromatic carbocycles. The molecule has 2 rings (SSSR count). The van der Waals surface area contributed by atoms with Crippen LogP contribution in [0.25, 0.3) is 0 Å². The highest BCUT2D eigenvalue weighted by Crippen LogP contribution is 2.28. The van der Waals surface area contributed by atoms with Gasteiger partial charge in [0.25, 0.3) is 0 Å². The van der Waals surface area contributed by atoms with Gasteiger partial charge in [0.15, 0.2) is 0 Å². The minimum absolute atomic E-state index is 0.161. The summed E-state index contributed by atoms with van der Waals surface area (Å²) in [5, 5.41) is 8.78. The summed E-state index contributed by atoms with van der Waals surface area (Å²) in [6, 6.07) is 0. The van der Waals surface area contributed by atoms with Crippen molar-refractivity contribution in [1.29, 1.82) is 0 Å². The zero-order chi connectivity index (χ0) is 14.0. The molecule has 8 heteroatoms. The molecule has 1 N–H and O–H groups in total. The first-order valence-corrected chi connectivity index (χ1v) is 5.44. The van der Waals surface area contributed by atoms with Crippen molar-refractivity contribution in [2.45, 2.75) is 12.6 Å². The van der Waals surface area contributed by atoms with E-state index in [-0.39, 0.29) is 12.5 Å². The molecular formula is C11H10F3N3O2. The fourth-order valence-corrected chi connectivity index (χ4v) is 1.68. The zero-order valence-electron chi connectivity index (χ0n) is 9.68. The monoisotopic (exact) mass is 273 g/mol. The molecule has 0 spiro atoms. The maximum atomic E-state index is 12.3. The molecule has 0 fully saturated rings. The zero-order valence-corrected chi connectivity index (χ0v) is 9.68. The van der Waals surface area contributed by atoms with Gasteiger partial charge < -0.3 is 10.0 Å². The van der Waals surface area contributed by atoms with Gasteiger partial charge in [0.1, 0.15) is 0 Å². The van der Waals surface area contributed by atoms with E-state index in [0.29, 0.717) is 18.5 Å². The van der Waals surface area contributed by atoms with E-state index in [1.54, 1.807) is 4.90 Å². The number of carbonyl (C=O) groups is 1. The van der Waals surface area contributed by atoms with Gasteiger partial charge in [-0.1, -0.05) is 6.08 Å². The molecule has 2 heterocycles. The summed E-state index contributed by atoms with van der Waals surface area (Å²) >= 11 is 0. The number of aliphatic carboxylic acids is 1. The van der Waals surface area contributed by atoms with Crippen molar-refractivity contribution in [2.75, 3.05) is 18.0 Å². The van der Waals surface area contributed by atoms with Crippen molar-refractivity contribution in [2.24, 2.45) is 0 Å². The number of carboxylic acid groups (broad SMARTS) is 1. The Morgan fingerprint density at radius 1 is 1.32 bits per heavy atom. The van der Waals surface area contributed by atoms with E-state index in [0.717, 1.165) is 12.4 Å². The first-order valence-electron chi connectivity index (χ1n) is 5.44. The van der Waals surface area contributed by atoms with Gasteiger partial charge in [-0.3, -0.25) is 0 Å². The van der Waals surface area contributed by atoms with Gasteiger partial charge in [-0.2, -0.15) is 13.2 Å². The fourth-order valence-electron chi connectivity index (χ4n) is 1.68. The Labute approximate surface area is 106 Å². The van der Waals surface area contributed by atoms with Crippen molar-refractivity contribution in [1.82, 2.24) is 9.97 Å². The number of hydrogen-bond acceptors (Lipinski definition) is 4. The van der Waals surface area contributed by atoms with Gasteiger partial charge in [0.2, 0.25) is 5.95 Å². The number of carboxylic acids is 1. The topological polar surface area (TPSA) is 66.3 Å². The number of hydrogen-bond donors (Lipinski definition) is 1. The van der Waals surface area contributed by atoms with Gasteiger partial charge in [0.05, 0.1) is 5.56 Å². The van der Waals surface area contributed by atoms with E-state index in [9.17, 15) is 18.0 Å². The summed E-state index contributed by atoms with van der Waals surface area (Å²) in [4.78, 5) is 19.6. The normalized spacial score (nSPS) is 16.2. The molecule has 0 aliphatic carbocycles. The molecule has 0 amide bonds. The Bertz CT molecular complexity index is 511. The first-order chi connectivity index (χ1) is 8.88. The Balaban J connectivity index is 2.11. The molecule has 1 aromatic heterocycles. The van der Waals surface area contributed by atoms with Crippen molar-refractivity contribution in [3.05, 3.63) is 29.6 Å². The summed E-state index contributed by atoms with van der Waals surface area (Å²) in [5.41, 5.74) is -0.613. The minimum atomic E-state index is -4.46. The van der Waals surface area contributed by atoms with Crippen molar-refractivity contribution in [3.63, 3.8) is 0 Å². The molecular weight excluding hydrogens is 263 g/mol. The van der Waals surface area contributed by atoms with Crippen molar-refractivity contribution >= 4 is 11.9 Å². The summed E-state index contributed by atoms with van der Waals surface area (Å²) < 4.78 is 37.0. The van der Waals surface area contributed by atoms with Gasteiger partial charge >= 0.3 is 12.1 Å². The van der Waals surface area contributed by atoms with Crippen LogP contribution in [0.4, 0.5) is 19.1 Å². The minimum Gasteiger partial charge on any atom is -0.478 e. The highest BCUT2D eigenvalue weighted by molar-refractivity contribution is 5.87. The lowest BCUT2D eigenvalue weighted by Gasteiger charge is -2.25. The molecule has 19 heavy (non-hydrogen) atoms. The average Bonchev–Trinajstić information content (AvgIpc) is 2.38. The molecule has 0 saturated heterocycles. The van der Waals surface area contributed by atoms with Crippen LogP contribution in [0.1, 0.15) is 12.0 Å². The highest BCUT2D eigenvalue weighted by atomic mass is 19.4. The van der Waals surface area contributed by atoms with E-state index in [2.05, 4.69) is 9.97 Å². The third kappa shape index (κ3) is 3.01. The predicted molar refractivity (Wildman–Crippen MR) is 59.6 cm³/mol. The second-order valence-electron chi connectivity index (χ2n) is 4.00. The molecule has 0 bridgehead atoms. The number of aromatic nitrogens is 2. The van der Waals surface area contributed by atoms with Gasteiger partial charge in [-0.15, -0.1) is 0 Å². The molecule has 0 saturated carbocycles.